The van der Waals surface area contributed by atoms with E-state index >= 15 is 0 Å². The van der Waals surface area contributed by atoms with Crippen LogP contribution >= 0.6 is 11.8 Å². The molecule has 0 atom stereocenters. The summed E-state index contributed by atoms with van der Waals surface area (Å²) in [5, 5.41) is 3.36. The van der Waals surface area contributed by atoms with Crippen LogP contribution in [0.1, 0.15) is 31.2 Å². The van der Waals surface area contributed by atoms with Crippen molar-refractivity contribution in [3.63, 3.8) is 0 Å². The SMILES string of the molecule is CSCCCCCCNc1cc(C)ccn1. The molecule has 16 heavy (non-hydrogen) atoms. The van der Waals surface area contributed by atoms with Crippen molar-refractivity contribution >= 4 is 17.6 Å². The molecule has 0 saturated heterocycles. The van der Waals surface area contributed by atoms with Crippen molar-refractivity contribution in [2.75, 3.05) is 23.9 Å². The van der Waals surface area contributed by atoms with Crippen molar-refractivity contribution in [1.82, 2.24) is 4.98 Å². The standard InChI is InChI=1S/C13H22N2S/c1-12-7-9-15-13(11-12)14-8-5-3-4-6-10-16-2/h7,9,11H,3-6,8,10H2,1-2H3,(H,14,15). The van der Waals surface area contributed by atoms with Crippen LogP contribution in [0.25, 0.3) is 0 Å². The van der Waals surface area contributed by atoms with E-state index in [0.29, 0.717) is 0 Å². The lowest BCUT2D eigenvalue weighted by molar-refractivity contribution is 0.688. The number of anilines is 1. The first-order chi connectivity index (χ1) is 7.83. The van der Waals surface area contributed by atoms with E-state index in [9.17, 15) is 0 Å². The van der Waals surface area contributed by atoms with Gasteiger partial charge in [0.2, 0.25) is 0 Å². The third kappa shape index (κ3) is 6.01. The second kappa shape index (κ2) is 8.45. The van der Waals surface area contributed by atoms with Crippen LogP contribution in [0, 0.1) is 6.92 Å². The number of aryl methyl sites for hydroxylation is 1. The van der Waals surface area contributed by atoms with Crippen molar-refractivity contribution in [3.05, 3.63) is 23.9 Å². The van der Waals surface area contributed by atoms with Crippen molar-refractivity contribution < 1.29 is 0 Å². The van der Waals surface area contributed by atoms with Crippen molar-refractivity contribution in [2.24, 2.45) is 0 Å². The molecule has 0 fully saturated rings. The van der Waals surface area contributed by atoms with Crippen molar-refractivity contribution in [3.8, 4) is 0 Å². The summed E-state index contributed by atoms with van der Waals surface area (Å²) in [6, 6.07) is 4.11. The minimum atomic E-state index is 1.00. The zero-order valence-electron chi connectivity index (χ0n) is 10.3. The Morgan fingerprint density at radius 2 is 2.06 bits per heavy atom. The fourth-order valence-electron chi connectivity index (χ4n) is 1.57. The molecular formula is C13H22N2S. The summed E-state index contributed by atoms with van der Waals surface area (Å²) in [6.07, 6.45) is 9.29. The van der Waals surface area contributed by atoms with Crippen LogP contribution in [0.2, 0.25) is 0 Å². The molecule has 0 aromatic carbocycles. The Morgan fingerprint density at radius 3 is 2.81 bits per heavy atom. The number of hydrogen-bond acceptors (Lipinski definition) is 3. The molecule has 1 aromatic rings. The largest absolute Gasteiger partial charge is 0.370 e. The minimum absolute atomic E-state index is 1.00. The first-order valence-electron chi connectivity index (χ1n) is 5.98. The summed E-state index contributed by atoms with van der Waals surface area (Å²) in [4.78, 5) is 4.27. The number of nitrogens with one attached hydrogen (secondary N) is 1. The minimum Gasteiger partial charge on any atom is -0.370 e. The van der Waals surface area contributed by atoms with E-state index in [4.69, 9.17) is 0 Å². The third-order valence-electron chi connectivity index (χ3n) is 2.50. The lowest BCUT2D eigenvalue weighted by atomic mass is 10.2. The smallest absolute Gasteiger partial charge is 0.126 e. The number of hydrogen-bond donors (Lipinski definition) is 1. The molecule has 0 bridgehead atoms. The highest BCUT2D eigenvalue weighted by atomic mass is 32.2. The maximum absolute atomic E-state index is 4.27. The van der Waals surface area contributed by atoms with Gasteiger partial charge < -0.3 is 5.32 Å². The van der Waals surface area contributed by atoms with Crippen molar-refractivity contribution in [1.29, 1.82) is 0 Å². The lowest BCUT2D eigenvalue weighted by Gasteiger charge is -2.05. The molecule has 0 aliphatic heterocycles. The number of unbranched alkanes of at least 4 members (excludes halogenated alkanes) is 3. The summed E-state index contributed by atoms with van der Waals surface area (Å²) in [6.45, 7) is 3.13. The van der Waals surface area contributed by atoms with E-state index in [1.807, 2.05) is 24.0 Å². The predicted molar refractivity (Wildman–Crippen MR) is 74.3 cm³/mol. The van der Waals surface area contributed by atoms with Crippen LogP contribution in [0.3, 0.4) is 0 Å². The fourth-order valence-corrected chi connectivity index (χ4v) is 2.07. The Kier molecular flexibility index (Phi) is 7.06. The molecule has 0 radical (unpaired) electrons. The summed E-state index contributed by atoms with van der Waals surface area (Å²) < 4.78 is 0. The molecule has 1 aromatic heterocycles. The first kappa shape index (κ1) is 13.4. The van der Waals surface area contributed by atoms with Crippen LogP contribution in [0.5, 0.6) is 0 Å². The number of thioether (sulfide) groups is 1. The van der Waals surface area contributed by atoms with Crippen molar-refractivity contribution in [2.45, 2.75) is 32.6 Å². The second-order valence-electron chi connectivity index (χ2n) is 4.05. The number of nitrogens with zero attached hydrogens (tertiary/aromatic N) is 1. The molecule has 2 nitrogen and oxygen atoms in total. The average molecular weight is 238 g/mol. The monoisotopic (exact) mass is 238 g/mol. The first-order valence-corrected chi connectivity index (χ1v) is 7.38. The molecule has 1 N–H and O–H groups in total. The molecule has 0 unspecified atom stereocenters. The zero-order valence-corrected chi connectivity index (χ0v) is 11.1. The van der Waals surface area contributed by atoms with E-state index in [2.05, 4.69) is 29.5 Å². The molecule has 3 heteroatoms. The summed E-state index contributed by atoms with van der Waals surface area (Å²) in [5.74, 6) is 2.30. The average Bonchev–Trinajstić information content (AvgIpc) is 2.28. The third-order valence-corrected chi connectivity index (χ3v) is 3.19. The zero-order chi connectivity index (χ0) is 11.6. The van der Waals surface area contributed by atoms with Gasteiger partial charge in [-0.2, -0.15) is 11.8 Å². The number of rotatable bonds is 8. The van der Waals surface area contributed by atoms with E-state index in [1.165, 1.54) is 37.0 Å². The Bertz CT molecular complexity index is 289. The van der Waals surface area contributed by atoms with E-state index in [1.54, 1.807) is 0 Å². The summed E-state index contributed by atoms with van der Waals surface area (Å²) >= 11 is 1.94. The molecule has 90 valence electrons. The van der Waals surface area contributed by atoms with Gasteiger partial charge in [-0.3, -0.25) is 0 Å². The van der Waals surface area contributed by atoms with Gasteiger partial charge in [-0.25, -0.2) is 4.98 Å². The van der Waals surface area contributed by atoms with Gasteiger partial charge in [0.1, 0.15) is 5.82 Å². The topological polar surface area (TPSA) is 24.9 Å². The van der Waals surface area contributed by atoms with Gasteiger partial charge >= 0.3 is 0 Å². The van der Waals surface area contributed by atoms with Crippen LogP contribution < -0.4 is 5.32 Å². The maximum Gasteiger partial charge on any atom is 0.126 e. The molecule has 0 spiro atoms. The summed E-state index contributed by atoms with van der Waals surface area (Å²) in [7, 11) is 0. The Hall–Kier alpha value is -0.700. The Labute approximate surface area is 103 Å². The molecule has 0 aliphatic rings. The van der Waals surface area contributed by atoms with Crippen LogP contribution in [0.4, 0.5) is 5.82 Å². The number of aromatic nitrogens is 1. The van der Waals surface area contributed by atoms with Crippen LogP contribution in [-0.2, 0) is 0 Å². The normalized spacial score (nSPS) is 10.4. The second-order valence-corrected chi connectivity index (χ2v) is 5.04. The lowest BCUT2D eigenvalue weighted by Crippen LogP contribution is -2.03. The molecule has 0 saturated carbocycles. The van der Waals surface area contributed by atoms with Gasteiger partial charge in [-0.1, -0.05) is 12.8 Å². The highest BCUT2D eigenvalue weighted by molar-refractivity contribution is 7.98. The highest BCUT2D eigenvalue weighted by Crippen LogP contribution is 2.07. The Morgan fingerprint density at radius 1 is 1.25 bits per heavy atom. The van der Waals surface area contributed by atoms with Crippen LogP contribution in [0.15, 0.2) is 18.3 Å². The molecule has 1 heterocycles. The van der Waals surface area contributed by atoms with Gasteiger partial charge in [0.05, 0.1) is 0 Å². The quantitative estimate of drug-likeness (QED) is 0.699. The van der Waals surface area contributed by atoms with Gasteiger partial charge in [-0.15, -0.1) is 0 Å². The van der Waals surface area contributed by atoms with Gasteiger partial charge in [0.25, 0.3) is 0 Å². The van der Waals surface area contributed by atoms with E-state index < -0.39 is 0 Å². The number of pyridine rings is 1. The molecular weight excluding hydrogens is 216 g/mol. The Balaban J connectivity index is 2.03. The molecule has 0 amide bonds. The van der Waals surface area contributed by atoms with Gasteiger partial charge in [-0.05, 0) is 49.5 Å². The van der Waals surface area contributed by atoms with Gasteiger partial charge in [0, 0.05) is 12.7 Å². The van der Waals surface area contributed by atoms with E-state index in [0.717, 1.165) is 12.4 Å². The maximum atomic E-state index is 4.27. The van der Waals surface area contributed by atoms with Crippen LogP contribution in [-0.4, -0.2) is 23.5 Å². The van der Waals surface area contributed by atoms with E-state index in [-0.39, 0.29) is 0 Å². The fraction of sp³-hybridized carbons (Fsp3) is 0.615. The molecule has 0 aliphatic carbocycles. The van der Waals surface area contributed by atoms with Gasteiger partial charge in [0.15, 0.2) is 0 Å². The predicted octanol–water partition coefficient (Wildman–Crippen LogP) is 3.73. The molecule has 1 rings (SSSR count). The summed E-state index contributed by atoms with van der Waals surface area (Å²) in [5.41, 5.74) is 1.26. The highest BCUT2D eigenvalue weighted by Gasteiger charge is 1.93.